The summed E-state index contributed by atoms with van der Waals surface area (Å²) < 4.78 is 0. The first-order valence-electron chi connectivity index (χ1n) is 5.82. The molecule has 0 heterocycles. The minimum absolute atomic E-state index is 0.379. The summed E-state index contributed by atoms with van der Waals surface area (Å²) in [5.41, 5.74) is 2.79. The van der Waals surface area contributed by atoms with E-state index in [1.54, 1.807) is 24.3 Å². The van der Waals surface area contributed by atoms with Crippen molar-refractivity contribution < 1.29 is 39.6 Å². The van der Waals surface area contributed by atoms with Gasteiger partial charge in [-0.3, -0.25) is 14.4 Å². The first-order chi connectivity index (χ1) is 10.1. The molecule has 0 aliphatic carbocycles. The summed E-state index contributed by atoms with van der Waals surface area (Å²) in [7, 11) is 0. The largest absolute Gasteiger partial charge is 0.481 e. The van der Waals surface area contributed by atoms with Crippen molar-refractivity contribution in [1.82, 2.24) is 0 Å². The van der Waals surface area contributed by atoms with E-state index in [4.69, 9.17) is 26.2 Å². The zero-order valence-electron chi connectivity index (χ0n) is 11.3. The number of hydrogen-bond donors (Lipinski definition) is 5. The second kappa shape index (κ2) is 8.37. The number of rotatable bonds is 6. The Morgan fingerprint density at radius 2 is 1.32 bits per heavy atom. The Morgan fingerprint density at radius 3 is 1.55 bits per heavy atom. The van der Waals surface area contributed by atoms with Gasteiger partial charge in [0.1, 0.15) is 0 Å². The number of aliphatic hydroxyl groups is 1. The molecule has 9 heteroatoms. The first-order valence-corrected chi connectivity index (χ1v) is 5.82. The van der Waals surface area contributed by atoms with E-state index in [0.717, 1.165) is 0 Å². The van der Waals surface area contributed by atoms with Crippen LogP contribution in [0, 0.1) is 0 Å². The SMILES string of the molecule is NC(=O)c1ccccc1.O=C(O)CC(O)(CC(=O)O)C(=O)O. The summed E-state index contributed by atoms with van der Waals surface area (Å²) in [5, 5.41) is 33.8. The summed E-state index contributed by atoms with van der Waals surface area (Å²) in [4.78, 5) is 40.9. The number of carbonyl (C=O) groups is 4. The average molecular weight is 313 g/mol. The lowest BCUT2D eigenvalue weighted by Crippen LogP contribution is -2.42. The summed E-state index contributed by atoms with van der Waals surface area (Å²) >= 11 is 0. The molecule has 6 N–H and O–H groups in total. The Balaban J connectivity index is 0.000000425. The van der Waals surface area contributed by atoms with Crippen LogP contribution in [0.5, 0.6) is 0 Å². The third-order valence-corrected chi connectivity index (χ3v) is 2.34. The minimum Gasteiger partial charge on any atom is -0.481 e. The Labute approximate surface area is 124 Å². The number of benzene rings is 1. The zero-order chi connectivity index (χ0) is 17.3. The van der Waals surface area contributed by atoms with E-state index in [9.17, 15) is 19.2 Å². The number of primary amides is 1. The molecule has 1 amide bonds. The first kappa shape index (κ1) is 19.1. The molecule has 1 rings (SSSR count). The van der Waals surface area contributed by atoms with E-state index in [0.29, 0.717) is 5.56 Å². The molecular weight excluding hydrogens is 298 g/mol. The van der Waals surface area contributed by atoms with E-state index >= 15 is 0 Å². The van der Waals surface area contributed by atoms with Crippen LogP contribution in [-0.2, 0) is 14.4 Å². The van der Waals surface area contributed by atoms with Crippen LogP contribution in [0.3, 0.4) is 0 Å². The lowest BCUT2D eigenvalue weighted by atomic mass is 9.96. The predicted molar refractivity (Wildman–Crippen MR) is 72.1 cm³/mol. The maximum Gasteiger partial charge on any atom is 0.336 e. The molecule has 120 valence electrons. The van der Waals surface area contributed by atoms with Crippen molar-refractivity contribution in [2.45, 2.75) is 18.4 Å². The number of amides is 1. The van der Waals surface area contributed by atoms with Gasteiger partial charge < -0.3 is 26.2 Å². The van der Waals surface area contributed by atoms with Crippen molar-refractivity contribution in [2.75, 3.05) is 0 Å². The number of aliphatic carboxylic acids is 3. The van der Waals surface area contributed by atoms with Gasteiger partial charge in [-0.1, -0.05) is 18.2 Å². The van der Waals surface area contributed by atoms with Gasteiger partial charge in [-0.05, 0) is 12.1 Å². The Hall–Kier alpha value is -2.94. The highest BCUT2D eigenvalue weighted by molar-refractivity contribution is 5.92. The van der Waals surface area contributed by atoms with Gasteiger partial charge in [-0.15, -0.1) is 0 Å². The fourth-order valence-electron chi connectivity index (χ4n) is 1.32. The Morgan fingerprint density at radius 1 is 0.909 bits per heavy atom. The average Bonchev–Trinajstić information content (AvgIpc) is 2.38. The second-order valence-electron chi connectivity index (χ2n) is 4.21. The number of hydrogen-bond acceptors (Lipinski definition) is 5. The molecule has 0 radical (unpaired) electrons. The van der Waals surface area contributed by atoms with Crippen LogP contribution in [0.1, 0.15) is 23.2 Å². The minimum atomic E-state index is -2.74. The standard InChI is InChI=1S/C7H7NO.C6H8O7/c8-7(9)6-4-2-1-3-5-6;7-3(8)1-6(13,5(11)12)2-4(9)10/h1-5H,(H2,8,9);13H,1-2H2,(H,7,8)(H,9,10)(H,11,12). The smallest absolute Gasteiger partial charge is 0.336 e. The maximum absolute atomic E-state index is 10.4. The summed E-state index contributed by atoms with van der Waals surface area (Å²) in [5.74, 6) is -5.40. The highest BCUT2D eigenvalue weighted by Crippen LogP contribution is 2.15. The van der Waals surface area contributed by atoms with Crippen molar-refractivity contribution in [3.8, 4) is 0 Å². The molecule has 0 fully saturated rings. The second-order valence-corrected chi connectivity index (χ2v) is 4.21. The Bertz CT molecular complexity index is 538. The fourth-order valence-corrected chi connectivity index (χ4v) is 1.32. The van der Waals surface area contributed by atoms with Gasteiger partial charge in [0.25, 0.3) is 0 Å². The molecule has 1 aromatic rings. The number of nitrogens with two attached hydrogens (primary N) is 1. The molecule has 0 spiro atoms. The van der Waals surface area contributed by atoms with Crippen molar-refractivity contribution >= 4 is 23.8 Å². The maximum atomic E-state index is 10.4. The van der Waals surface area contributed by atoms with E-state index in [1.807, 2.05) is 6.07 Å². The van der Waals surface area contributed by atoms with Crippen LogP contribution in [0.4, 0.5) is 0 Å². The quantitative estimate of drug-likeness (QED) is 0.468. The molecular formula is C13H15NO8. The number of carboxylic acids is 3. The predicted octanol–water partition coefficient (Wildman–Crippen LogP) is -0.463. The number of carboxylic acid groups (broad SMARTS) is 3. The summed E-state index contributed by atoms with van der Waals surface area (Å²) in [6, 6.07) is 8.76. The lowest BCUT2D eigenvalue weighted by molar-refractivity contribution is -0.170. The van der Waals surface area contributed by atoms with Crippen LogP contribution >= 0.6 is 0 Å². The van der Waals surface area contributed by atoms with Crippen molar-refractivity contribution in [1.29, 1.82) is 0 Å². The van der Waals surface area contributed by atoms with Crippen molar-refractivity contribution in [3.63, 3.8) is 0 Å². The topological polar surface area (TPSA) is 175 Å². The molecule has 22 heavy (non-hydrogen) atoms. The Kier molecular flexibility index (Phi) is 7.25. The van der Waals surface area contributed by atoms with Gasteiger partial charge in [-0.25, -0.2) is 4.79 Å². The molecule has 0 bridgehead atoms. The molecule has 0 aromatic heterocycles. The lowest BCUT2D eigenvalue weighted by Gasteiger charge is -2.18. The molecule has 9 nitrogen and oxygen atoms in total. The van der Waals surface area contributed by atoms with Gasteiger partial charge in [0, 0.05) is 5.56 Å². The van der Waals surface area contributed by atoms with E-state index in [-0.39, 0.29) is 5.91 Å². The van der Waals surface area contributed by atoms with Gasteiger partial charge in [0.05, 0.1) is 12.8 Å². The van der Waals surface area contributed by atoms with Gasteiger partial charge in [0.15, 0.2) is 5.60 Å². The molecule has 0 unspecified atom stereocenters. The highest BCUT2D eigenvalue weighted by atomic mass is 16.4. The van der Waals surface area contributed by atoms with Gasteiger partial charge in [-0.2, -0.15) is 0 Å². The summed E-state index contributed by atoms with van der Waals surface area (Å²) in [6.45, 7) is 0. The normalized spacial score (nSPS) is 10.0. The third kappa shape index (κ3) is 7.01. The van der Waals surface area contributed by atoms with Crippen LogP contribution < -0.4 is 5.73 Å². The fraction of sp³-hybridized carbons (Fsp3) is 0.231. The van der Waals surface area contributed by atoms with Crippen molar-refractivity contribution in [3.05, 3.63) is 35.9 Å². The number of carbonyl (C=O) groups excluding carboxylic acids is 1. The van der Waals surface area contributed by atoms with Crippen LogP contribution in [0.15, 0.2) is 30.3 Å². The molecule has 0 aliphatic heterocycles. The zero-order valence-corrected chi connectivity index (χ0v) is 11.3. The molecule has 1 aromatic carbocycles. The van der Waals surface area contributed by atoms with Crippen LogP contribution in [0.2, 0.25) is 0 Å². The van der Waals surface area contributed by atoms with E-state index in [2.05, 4.69) is 0 Å². The molecule has 0 aliphatic rings. The third-order valence-electron chi connectivity index (χ3n) is 2.34. The van der Waals surface area contributed by atoms with Crippen molar-refractivity contribution in [2.24, 2.45) is 5.73 Å². The molecule has 0 atom stereocenters. The van der Waals surface area contributed by atoms with Crippen LogP contribution in [-0.4, -0.2) is 49.8 Å². The molecule has 0 saturated carbocycles. The summed E-state index contributed by atoms with van der Waals surface area (Å²) in [6.07, 6.45) is -2.29. The molecule has 0 saturated heterocycles. The van der Waals surface area contributed by atoms with Gasteiger partial charge >= 0.3 is 17.9 Å². The van der Waals surface area contributed by atoms with E-state index < -0.39 is 36.4 Å². The monoisotopic (exact) mass is 313 g/mol. The van der Waals surface area contributed by atoms with Gasteiger partial charge in [0.2, 0.25) is 5.91 Å². The van der Waals surface area contributed by atoms with E-state index in [1.165, 1.54) is 0 Å². The van der Waals surface area contributed by atoms with Crippen LogP contribution in [0.25, 0.3) is 0 Å². The highest BCUT2D eigenvalue weighted by Gasteiger charge is 2.40.